The Morgan fingerprint density at radius 2 is 2.20 bits per heavy atom. The standard InChI is InChI=1S/C17H20N2O4S2/c1-3-23-17(22)13-9-24-7-6-19(13)16(21)11-4-5-14-12(8-11)18-15(20)10(2)25-14/h4-5,8,10,13H,3,6-7,9H2,1-2H3,(H,18,20). The van der Waals surface area contributed by atoms with Gasteiger partial charge in [-0.25, -0.2) is 4.79 Å². The number of hydrogen-bond donors (Lipinski definition) is 1. The van der Waals surface area contributed by atoms with Gasteiger partial charge in [0.25, 0.3) is 5.91 Å². The highest BCUT2D eigenvalue weighted by molar-refractivity contribution is 8.01. The first kappa shape index (κ1) is 18.1. The summed E-state index contributed by atoms with van der Waals surface area (Å²) in [4.78, 5) is 39.5. The molecule has 2 atom stereocenters. The summed E-state index contributed by atoms with van der Waals surface area (Å²) < 4.78 is 5.11. The molecule has 1 fully saturated rings. The van der Waals surface area contributed by atoms with Crippen LogP contribution in [-0.2, 0) is 14.3 Å². The third-order valence-corrected chi connectivity index (χ3v) is 6.31. The smallest absolute Gasteiger partial charge is 0.329 e. The minimum Gasteiger partial charge on any atom is -0.464 e. The molecule has 3 rings (SSSR count). The summed E-state index contributed by atoms with van der Waals surface area (Å²) in [6.07, 6.45) is 0. The van der Waals surface area contributed by atoms with E-state index in [4.69, 9.17) is 4.74 Å². The van der Waals surface area contributed by atoms with Gasteiger partial charge in [-0.15, -0.1) is 11.8 Å². The van der Waals surface area contributed by atoms with Crippen molar-refractivity contribution in [3.63, 3.8) is 0 Å². The number of esters is 1. The molecule has 8 heteroatoms. The molecular formula is C17H20N2O4S2. The average molecular weight is 380 g/mol. The monoisotopic (exact) mass is 380 g/mol. The fourth-order valence-electron chi connectivity index (χ4n) is 2.79. The lowest BCUT2D eigenvalue weighted by Gasteiger charge is -2.34. The first-order chi connectivity index (χ1) is 12.0. The topological polar surface area (TPSA) is 75.7 Å². The van der Waals surface area contributed by atoms with Crippen LogP contribution in [0.4, 0.5) is 5.69 Å². The lowest BCUT2D eigenvalue weighted by atomic mass is 10.1. The predicted octanol–water partition coefficient (Wildman–Crippen LogP) is 2.24. The summed E-state index contributed by atoms with van der Waals surface area (Å²) in [7, 11) is 0. The van der Waals surface area contributed by atoms with Crippen LogP contribution in [0.25, 0.3) is 0 Å². The van der Waals surface area contributed by atoms with Crippen molar-refractivity contribution < 1.29 is 19.1 Å². The van der Waals surface area contributed by atoms with E-state index in [1.54, 1.807) is 35.7 Å². The maximum Gasteiger partial charge on any atom is 0.329 e. The fraction of sp³-hybridized carbons (Fsp3) is 0.471. The molecule has 25 heavy (non-hydrogen) atoms. The van der Waals surface area contributed by atoms with Crippen LogP contribution in [0.1, 0.15) is 24.2 Å². The van der Waals surface area contributed by atoms with Gasteiger partial charge < -0.3 is 15.0 Å². The number of fused-ring (bicyclic) bond motifs is 1. The maximum atomic E-state index is 12.9. The molecule has 1 aromatic carbocycles. The SMILES string of the molecule is CCOC(=O)C1CSCCN1C(=O)c1ccc2c(c1)NC(=O)C(C)S2. The van der Waals surface area contributed by atoms with Gasteiger partial charge in [0.2, 0.25) is 5.91 Å². The lowest BCUT2D eigenvalue weighted by molar-refractivity contribution is -0.147. The second-order valence-electron chi connectivity index (χ2n) is 5.80. The van der Waals surface area contributed by atoms with Crippen molar-refractivity contribution in [2.75, 3.05) is 30.0 Å². The van der Waals surface area contributed by atoms with Crippen molar-refractivity contribution in [2.45, 2.75) is 30.0 Å². The summed E-state index contributed by atoms with van der Waals surface area (Å²) >= 11 is 3.12. The first-order valence-electron chi connectivity index (χ1n) is 8.18. The molecule has 2 unspecified atom stereocenters. The van der Waals surface area contributed by atoms with Crippen molar-refractivity contribution in [3.8, 4) is 0 Å². The molecule has 0 saturated carbocycles. The zero-order valence-electron chi connectivity index (χ0n) is 14.1. The Balaban J connectivity index is 1.83. The Morgan fingerprint density at radius 3 is 2.96 bits per heavy atom. The van der Waals surface area contributed by atoms with E-state index in [9.17, 15) is 14.4 Å². The predicted molar refractivity (Wildman–Crippen MR) is 99.2 cm³/mol. The molecule has 0 bridgehead atoms. The van der Waals surface area contributed by atoms with Crippen LogP contribution >= 0.6 is 23.5 Å². The number of anilines is 1. The number of nitrogens with zero attached hydrogens (tertiary/aromatic N) is 1. The van der Waals surface area contributed by atoms with E-state index in [2.05, 4.69) is 5.32 Å². The Labute approximate surface area is 155 Å². The zero-order valence-corrected chi connectivity index (χ0v) is 15.7. The molecule has 1 aromatic rings. The van der Waals surface area contributed by atoms with E-state index < -0.39 is 6.04 Å². The summed E-state index contributed by atoms with van der Waals surface area (Å²) in [5.41, 5.74) is 1.12. The van der Waals surface area contributed by atoms with E-state index in [0.717, 1.165) is 10.6 Å². The van der Waals surface area contributed by atoms with Crippen LogP contribution in [0.5, 0.6) is 0 Å². The first-order valence-corrected chi connectivity index (χ1v) is 10.2. The Hall–Kier alpha value is -1.67. The number of amides is 2. The number of nitrogens with one attached hydrogen (secondary N) is 1. The second kappa shape index (κ2) is 7.70. The van der Waals surface area contributed by atoms with E-state index in [-0.39, 0.29) is 23.0 Å². The highest BCUT2D eigenvalue weighted by atomic mass is 32.2. The van der Waals surface area contributed by atoms with E-state index in [1.807, 2.05) is 13.0 Å². The molecule has 0 radical (unpaired) electrons. The summed E-state index contributed by atoms with van der Waals surface area (Å²) in [6, 6.07) is 4.73. The van der Waals surface area contributed by atoms with Gasteiger partial charge in [-0.2, -0.15) is 11.8 Å². The van der Waals surface area contributed by atoms with Gasteiger partial charge in [-0.3, -0.25) is 9.59 Å². The van der Waals surface area contributed by atoms with Crippen molar-refractivity contribution in [3.05, 3.63) is 23.8 Å². The van der Waals surface area contributed by atoms with Crippen LogP contribution < -0.4 is 5.32 Å². The lowest BCUT2D eigenvalue weighted by Crippen LogP contribution is -2.51. The molecule has 0 aromatic heterocycles. The number of ether oxygens (including phenoxy) is 1. The highest BCUT2D eigenvalue weighted by Gasteiger charge is 2.34. The molecule has 2 amide bonds. The minimum atomic E-state index is -0.564. The minimum absolute atomic E-state index is 0.0686. The average Bonchev–Trinajstić information content (AvgIpc) is 2.62. The van der Waals surface area contributed by atoms with Gasteiger partial charge in [-0.05, 0) is 32.0 Å². The molecular weight excluding hydrogens is 360 g/mol. The quantitative estimate of drug-likeness (QED) is 0.811. The van der Waals surface area contributed by atoms with Crippen LogP contribution in [-0.4, -0.2) is 58.6 Å². The van der Waals surface area contributed by atoms with Gasteiger partial charge in [0.1, 0.15) is 6.04 Å². The normalized spacial score (nSPS) is 22.8. The van der Waals surface area contributed by atoms with Crippen molar-refractivity contribution in [2.24, 2.45) is 0 Å². The number of thioether (sulfide) groups is 2. The molecule has 2 heterocycles. The summed E-state index contributed by atoms with van der Waals surface area (Å²) in [5.74, 6) is 0.689. The molecule has 134 valence electrons. The third-order valence-electron chi connectivity index (χ3n) is 4.11. The largest absolute Gasteiger partial charge is 0.464 e. The maximum absolute atomic E-state index is 12.9. The highest BCUT2D eigenvalue weighted by Crippen LogP contribution is 2.36. The Morgan fingerprint density at radius 1 is 1.40 bits per heavy atom. The zero-order chi connectivity index (χ0) is 18.0. The Bertz CT molecular complexity index is 710. The molecule has 2 aliphatic heterocycles. The van der Waals surface area contributed by atoms with Gasteiger partial charge >= 0.3 is 5.97 Å². The molecule has 6 nitrogen and oxygen atoms in total. The molecule has 0 aliphatic carbocycles. The summed E-state index contributed by atoms with van der Waals surface area (Å²) in [5, 5.41) is 2.68. The number of benzene rings is 1. The fourth-order valence-corrected chi connectivity index (χ4v) is 4.75. The molecule has 0 spiro atoms. The van der Waals surface area contributed by atoms with Gasteiger partial charge in [0.05, 0.1) is 17.5 Å². The van der Waals surface area contributed by atoms with Gasteiger partial charge in [-0.1, -0.05) is 0 Å². The van der Waals surface area contributed by atoms with E-state index in [0.29, 0.717) is 30.2 Å². The third kappa shape index (κ3) is 3.79. The van der Waals surface area contributed by atoms with Crippen LogP contribution in [0.2, 0.25) is 0 Å². The van der Waals surface area contributed by atoms with Crippen LogP contribution in [0.3, 0.4) is 0 Å². The molecule has 2 aliphatic rings. The summed E-state index contributed by atoms with van der Waals surface area (Å²) in [6.45, 7) is 4.40. The van der Waals surface area contributed by atoms with Crippen molar-refractivity contribution >= 4 is 47.0 Å². The number of carbonyl (C=O) groups is 3. The van der Waals surface area contributed by atoms with E-state index in [1.165, 1.54) is 11.8 Å². The number of hydrogen-bond acceptors (Lipinski definition) is 6. The van der Waals surface area contributed by atoms with Gasteiger partial charge in [0.15, 0.2) is 0 Å². The van der Waals surface area contributed by atoms with Crippen LogP contribution in [0.15, 0.2) is 23.1 Å². The number of rotatable bonds is 3. The Kier molecular flexibility index (Phi) is 5.58. The van der Waals surface area contributed by atoms with Crippen molar-refractivity contribution in [1.29, 1.82) is 0 Å². The van der Waals surface area contributed by atoms with Crippen LogP contribution in [0, 0.1) is 0 Å². The van der Waals surface area contributed by atoms with Gasteiger partial charge in [0, 0.05) is 28.5 Å². The molecule has 1 N–H and O–H groups in total. The second-order valence-corrected chi connectivity index (χ2v) is 8.33. The van der Waals surface area contributed by atoms with Crippen molar-refractivity contribution in [1.82, 2.24) is 4.90 Å². The molecule has 1 saturated heterocycles. The van der Waals surface area contributed by atoms with E-state index >= 15 is 0 Å². The number of carbonyl (C=O) groups excluding carboxylic acids is 3.